The lowest BCUT2D eigenvalue weighted by molar-refractivity contribution is -0.211. The number of nitrogens with one attached hydrogen (secondary N) is 1. The fraction of sp³-hybridized carbons (Fsp3) is 0.222. The Balaban J connectivity index is 2.09. The molecule has 160 valence electrons. The van der Waals surface area contributed by atoms with Gasteiger partial charge in [0.1, 0.15) is 5.82 Å². The number of carboxylic acid groups (broad SMARTS) is 1. The van der Waals surface area contributed by atoms with Gasteiger partial charge in [-0.1, -0.05) is 0 Å². The second-order valence-corrected chi connectivity index (χ2v) is 5.95. The van der Waals surface area contributed by atoms with Crippen LogP contribution in [0.5, 0.6) is 17.2 Å². The molecule has 1 heterocycles. The van der Waals surface area contributed by atoms with Crippen LogP contribution in [0.1, 0.15) is 5.56 Å². The Morgan fingerprint density at radius 3 is 2.13 bits per heavy atom. The van der Waals surface area contributed by atoms with Crippen molar-refractivity contribution < 1.29 is 46.1 Å². The van der Waals surface area contributed by atoms with Crippen molar-refractivity contribution in [1.29, 1.82) is 0 Å². The van der Waals surface area contributed by atoms with E-state index in [9.17, 15) is 26.7 Å². The summed E-state index contributed by atoms with van der Waals surface area (Å²) in [7, 11) is 2.25. The molecule has 0 amide bonds. The van der Waals surface area contributed by atoms with Gasteiger partial charge in [-0.2, -0.15) is 22.0 Å². The van der Waals surface area contributed by atoms with Crippen LogP contribution in [-0.2, 0) is 11.0 Å². The Kier molecular flexibility index (Phi) is 5.18. The molecule has 7 nitrogen and oxygen atoms in total. The molecule has 0 unspecified atom stereocenters. The van der Waals surface area contributed by atoms with E-state index in [0.29, 0.717) is 0 Å². The van der Waals surface area contributed by atoms with Crippen molar-refractivity contribution >= 4 is 17.0 Å². The Labute approximate surface area is 165 Å². The molecule has 0 aliphatic rings. The summed E-state index contributed by atoms with van der Waals surface area (Å²) in [5.74, 6) is -3.71. The van der Waals surface area contributed by atoms with Gasteiger partial charge in [-0.05, 0) is 30.3 Å². The Bertz CT molecular complexity index is 1090. The smallest absolute Gasteiger partial charge is 0.493 e. The molecule has 0 spiro atoms. The average Bonchev–Trinajstić information content (AvgIpc) is 3.10. The van der Waals surface area contributed by atoms with Gasteiger partial charge in [-0.3, -0.25) is 0 Å². The third kappa shape index (κ3) is 3.93. The van der Waals surface area contributed by atoms with Crippen molar-refractivity contribution in [3.63, 3.8) is 0 Å². The van der Waals surface area contributed by atoms with Gasteiger partial charge in [0.15, 0.2) is 11.5 Å². The van der Waals surface area contributed by atoms with Crippen LogP contribution in [0.2, 0.25) is 0 Å². The zero-order valence-corrected chi connectivity index (χ0v) is 15.3. The number of benzene rings is 2. The predicted molar refractivity (Wildman–Crippen MR) is 92.8 cm³/mol. The van der Waals surface area contributed by atoms with Gasteiger partial charge in [0.05, 0.1) is 30.8 Å². The number of aliphatic carboxylic acids is 1. The van der Waals surface area contributed by atoms with E-state index in [0.717, 1.165) is 26.4 Å². The van der Waals surface area contributed by atoms with Crippen LogP contribution in [0.4, 0.5) is 22.0 Å². The minimum absolute atomic E-state index is 0.0931. The number of hydrogen-bond acceptors (Lipinski definition) is 5. The van der Waals surface area contributed by atoms with Gasteiger partial charge in [0, 0.05) is 5.56 Å². The summed E-state index contributed by atoms with van der Waals surface area (Å²) in [4.78, 5) is 17.5. The maximum atomic E-state index is 13.5. The number of nitrogens with zero attached hydrogens (tertiary/aromatic N) is 1. The molecule has 0 bridgehead atoms. The number of imidazole rings is 1. The van der Waals surface area contributed by atoms with Gasteiger partial charge < -0.3 is 24.3 Å². The van der Waals surface area contributed by atoms with Gasteiger partial charge in [-0.25, -0.2) is 9.78 Å². The number of methoxy groups -OCH3 is 2. The van der Waals surface area contributed by atoms with Crippen molar-refractivity contribution in [2.75, 3.05) is 14.2 Å². The zero-order chi connectivity index (χ0) is 22.3. The summed E-state index contributed by atoms with van der Waals surface area (Å²) in [6.45, 7) is 0. The number of carboxylic acids is 1. The van der Waals surface area contributed by atoms with Crippen molar-refractivity contribution in [2.45, 2.75) is 12.3 Å². The minimum Gasteiger partial charge on any atom is -0.493 e. The number of alkyl halides is 5. The van der Waals surface area contributed by atoms with Crippen LogP contribution in [0, 0.1) is 0 Å². The van der Waals surface area contributed by atoms with E-state index in [2.05, 4.69) is 14.7 Å². The molecule has 0 fully saturated rings. The van der Waals surface area contributed by atoms with Crippen LogP contribution in [-0.4, -0.2) is 41.4 Å². The number of carbonyl (C=O) groups is 1. The molecule has 0 saturated heterocycles. The van der Waals surface area contributed by atoms with Crippen molar-refractivity contribution in [3.05, 3.63) is 35.9 Å². The van der Waals surface area contributed by atoms with Crippen molar-refractivity contribution in [2.24, 2.45) is 0 Å². The molecule has 2 N–H and O–H groups in total. The highest BCUT2D eigenvalue weighted by Crippen LogP contribution is 2.43. The number of aromatic nitrogens is 2. The topological polar surface area (TPSA) is 93.7 Å². The van der Waals surface area contributed by atoms with E-state index in [1.54, 1.807) is 0 Å². The summed E-state index contributed by atoms with van der Waals surface area (Å²) in [6.07, 6.45) is -9.10. The molecule has 12 heteroatoms. The van der Waals surface area contributed by atoms with Gasteiger partial charge in [0.25, 0.3) is 0 Å². The number of hydrogen-bond donors (Lipinski definition) is 2. The van der Waals surface area contributed by atoms with Gasteiger partial charge in [0.2, 0.25) is 5.75 Å². The third-order valence-electron chi connectivity index (χ3n) is 4.02. The van der Waals surface area contributed by atoms with E-state index >= 15 is 0 Å². The first kappa shape index (κ1) is 21.1. The van der Waals surface area contributed by atoms with Gasteiger partial charge >= 0.3 is 18.3 Å². The number of aromatic amines is 1. The van der Waals surface area contributed by atoms with Crippen LogP contribution in [0.25, 0.3) is 22.4 Å². The van der Waals surface area contributed by atoms with Crippen LogP contribution >= 0.6 is 0 Å². The first-order valence-corrected chi connectivity index (χ1v) is 8.10. The summed E-state index contributed by atoms with van der Waals surface area (Å²) in [5.41, 5.74) is -0.344. The number of halogens is 5. The van der Waals surface area contributed by atoms with E-state index in [4.69, 9.17) is 14.6 Å². The monoisotopic (exact) mass is 432 g/mol. The second kappa shape index (κ2) is 7.35. The Morgan fingerprint density at radius 1 is 1.03 bits per heavy atom. The molecule has 3 aromatic rings. The van der Waals surface area contributed by atoms with E-state index < -0.39 is 29.6 Å². The molecule has 0 radical (unpaired) electrons. The standard InChI is InChI=1S/C18H13F5N2O5/c1-28-12-5-8(6-13(29-2)14(12)30-18(22,23)16(26)27)15-24-10-4-3-9(17(19,20)21)7-11(10)25-15/h3-7H,1-2H3,(H,24,25)(H,26,27). The number of H-pyrrole nitrogens is 1. The summed E-state index contributed by atoms with van der Waals surface area (Å²) in [6, 6.07) is 5.32. The Hall–Kier alpha value is -3.57. The molecule has 0 atom stereocenters. The highest BCUT2D eigenvalue weighted by atomic mass is 19.4. The first-order chi connectivity index (χ1) is 14.0. The highest BCUT2D eigenvalue weighted by molar-refractivity contribution is 5.81. The predicted octanol–water partition coefficient (Wildman–Crippen LogP) is 4.32. The van der Waals surface area contributed by atoms with Crippen LogP contribution in [0.15, 0.2) is 30.3 Å². The fourth-order valence-corrected chi connectivity index (χ4v) is 2.61. The van der Waals surface area contributed by atoms with Crippen LogP contribution in [0.3, 0.4) is 0 Å². The van der Waals surface area contributed by atoms with E-state index in [1.807, 2.05) is 0 Å². The lowest BCUT2D eigenvalue weighted by Crippen LogP contribution is -2.35. The molecular formula is C18H13F5N2O5. The molecule has 30 heavy (non-hydrogen) atoms. The van der Waals surface area contributed by atoms with E-state index in [-0.39, 0.29) is 33.9 Å². The molecule has 1 aromatic heterocycles. The quantitative estimate of drug-likeness (QED) is 0.564. The summed E-state index contributed by atoms with van der Waals surface area (Å²) < 4.78 is 80.0. The summed E-state index contributed by atoms with van der Waals surface area (Å²) >= 11 is 0. The minimum atomic E-state index is -4.56. The number of fused-ring (bicyclic) bond motifs is 1. The lowest BCUT2D eigenvalue weighted by Gasteiger charge is -2.18. The largest absolute Gasteiger partial charge is 0.502 e. The molecule has 3 rings (SSSR count). The normalized spacial score (nSPS) is 12.1. The number of ether oxygens (including phenoxy) is 3. The first-order valence-electron chi connectivity index (χ1n) is 8.10. The number of rotatable bonds is 6. The lowest BCUT2D eigenvalue weighted by atomic mass is 10.1. The van der Waals surface area contributed by atoms with Gasteiger partial charge in [-0.15, -0.1) is 0 Å². The molecule has 2 aromatic carbocycles. The maximum absolute atomic E-state index is 13.5. The Morgan fingerprint density at radius 2 is 1.63 bits per heavy atom. The second-order valence-electron chi connectivity index (χ2n) is 5.95. The van der Waals surface area contributed by atoms with Crippen molar-refractivity contribution in [3.8, 4) is 28.6 Å². The SMILES string of the molecule is COc1cc(-c2nc3ccc(C(F)(F)F)cc3[nH]2)cc(OC)c1OC(F)(F)C(=O)O. The van der Waals surface area contributed by atoms with Crippen molar-refractivity contribution in [1.82, 2.24) is 9.97 Å². The molecule has 0 saturated carbocycles. The van der Waals surface area contributed by atoms with E-state index in [1.165, 1.54) is 18.2 Å². The molecule has 0 aliphatic carbocycles. The fourth-order valence-electron chi connectivity index (χ4n) is 2.61. The average molecular weight is 432 g/mol. The maximum Gasteiger partial charge on any atom is 0.502 e. The zero-order valence-electron chi connectivity index (χ0n) is 15.3. The third-order valence-corrected chi connectivity index (χ3v) is 4.02. The summed E-state index contributed by atoms with van der Waals surface area (Å²) in [5, 5.41) is 8.57. The van der Waals surface area contributed by atoms with Crippen LogP contribution < -0.4 is 14.2 Å². The molecule has 0 aliphatic heterocycles. The molecular weight excluding hydrogens is 419 g/mol. The highest BCUT2D eigenvalue weighted by Gasteiger charge is 2.44.